The van der Waals surface area contributed by atoms with Crippen molar-refractivity contribution in [3.63, 3.8) is 0 Å². The van der Waals surface area contributed by atoms with E-state index in [4.69, 9.17) is 4.42 Å². The van der Waals surface area contributed by atoms with Gasteiger partial charge >= 0.3 is 0 Å². The molecule has 184 valence electrons. The SMILES string of the molecule is CC1CCC(N2C(=O)c3ccc(-c4ccco4)n3C[C@]2(C)C(=O)NC2CCCCCCC2)CC1. The van der Waals surface area contributed by atoms with E-state index in [1.165, 1.54) is 19.3 Å². The van der Waals surface area contributed by atoms with Gasteiger partial charge < -0.3 is 19.2 Å². The molecule has 1 atom stereocenters. The molecule has 3 heterocycles. The Morgan fingerprint density at radius 1 is 0.971 bits per heavy atom. The number of nitrogens with zero attached hydrogens (tertiary/aromatic N) is 2. The standard InChI is InChI=1S/C28H39N3O3/c1-20-12-14-22(15-13-20)31-26(32)24-17-16-23(25-11-8-18-34-25)30(24)19-28(31,2)27(33)29-21-9-6-4-3-5-7-10-21/h8,11,16-18,20-22H,3-7,9-10,12-15,19H2,1-2H3,(H,29,33)/t20?,22?,28-/m1/s1. The number of nitrogens with one attached hydrogen (secondary N) is 1. The molecule has 0 bridgehead atoms. The Morgan fingerprint density at radius 3 is 2.32 bits per heavy atom. The van der Waals surface area contributed by atoms with E-state index in [-0.39, 0.29) is 23.9 Å². The summed E-state index contributed by atoms with van der Waals surface area (Å²) in [5, 5.41) is 3.40. The van der Waals surface area contributed by atoms with Gasteiger partial charge in [0.2, 0.25) is 5.91 Å². The number of rotatable bonds is 4. The van der Waals surface area contributed by atoms with Crippen LogP contribution in [0.15, 0.2) is 34.9 Å². The molecule has 0 saturated heterocycles. The average molecular weight is 466 g/mol. The highest BCUT2D eigenvalue weighted by Gasteiger charge is 2.51. The Hall–Kier alpha value is -2.50. The molecular formula is C28H39N3O3. The van der Waals surface area contributed by atoms with Gasteiger partial charge in [-0.2, -0.15) is 0 Å². The first-order chi connectivity index (χ1) is 16.5. The van der Waals surface area contributed by atoms with Crippen LogP contribution in [0.25, 0.3) is 11.5 Å². The molecule has 5 rings (SSSR count). The highest BCUT2D eigenvalue weighted by atomic mass is 16.3. The number of carbonyl (C=O) groups excluding carboxylic acids is 2. The number of aromatic nitrogens is 1. The van der Waals surface area contributed by atoms with Gasteiger partial charge in [-0.25, -0.2) is 0 Å². The van der Waals surface area contributed by atoms with Crippen molar-refractivity contribution in [2.75, 3.05) is 0 Å². The van der Waals surface area contributed by atoms with Crippen LogP contribution in [0.3, 0.4) is 0 Å². The van der Waals surface area contributed by atoms with Crippen LogP contribution >= 0.6 is 0 Å². The predicted octanol–water partition coefficient (Wildman–Crippen LogP) is 5.77. The summed E-state index contributed by atoms with van der Waals surface area (Å²) in [6, 6.07) is 7.91. The molecule has 6 heteroatoms. The molecule has 1 N–H and O–H groups in total. The van der Waals surface area contributed by atoms with Crippen LogP contribution in [0.1, 0.15) is 95.0 Å². The summed E-state index contributed by atoms with van der Waals surface area (Å²) in [5.41, 5.74) is 0.578. The number of furan rings is 1. The van der Waals surface area contributed by atoms with E-state index in [1.54, 1.807) is 6.26 Å². The van der Waals surface area contributed by atoms with Gasteiger partial charge in [-0.3, -0.25) is 9.59 Å². The summed E-state index contributed by atoms with van der Waals surface area (Å²) in [6.07, 6.45) is 14.0. The number of hydrogen-bond acceptors (Lipinski definition) is 3. The minimum absolute atomic E-state index is 0.00482. The van der Waals surface area contributed by atoms with Gasteiger partial charge in [0.05, 0.1) is 18.5 Å². The zero-order chi connectivity index (χ0) is 23.7. The quantitative estimate of drug-likeness (QED) is 0.623. The molecule has 0 spiro atoms. The third-order valence-corrected chi connectivity index (χ3v) is 8.47. The highest BCUT2D eigenvalue weighted by Crippen LogP contribution is 2.38. The van der Waals surface area contributed by atoms with E-state index in [0.29, 0.717) is 18.2 Å². The van der Waals surface area contributed by atoms with Crippen molar-refractivity contribution < 1.29 is 14.0 Å². The highest BCUT2D eigenvalue weighted by molar-refractivity contribution is 6.00. The fraction of sp³-hybridized carbons (Fsp3) is 0.643. The Morgan fingerprint density at radius 2 is 1.65 bits per heavy atom. The van der Waals surface area contributed by atoms with Gasteiger partial charge in [-0.1, -0.05) is 39.0 Å². The van der Waals surface area contributed by atoms with Gasteiger partial charge in [0.15, 0.2) is 0 Å². The first-order valence-electron chi connectivity index (χ1n) is 13.4. The van der Waals surface area contributed by atoms with Crippen molar-refractivity contribution in [2.45, 2.75) is 109 Å². The topological polar surface area (TPSA) is 67.5 Å². The molecule has 6 nitrogen and oxygen atoms in total. The van der Waals surface area contributed by atoms with E-state index in [2.05, 4.69) is 12.2 Å². The van der Waals surface area contributed by atoms with E-state index in [1.807, 2.05) is 40.7 Å². The summed E-state index contributed by atoms with van der Waals surface area (Å²) in [5.74, 6) is 1.37. The van der Waals surface area contributed by atoms with E-state index in [9.17, 15) is 9.59 Å². The van der Waals surface area contributed by atoms with Crippen molar-refractivity contribution in [3.05, 3.63) is 36.2 Å². The molecule has 0 radical (unpaired) electrons. The molecule has 0 aromatic carbocycles. The van der Waals surface area contributed by atoms with Crippen LogP contribution in [-0.4, -0.2) is 38.9 Å². The fourth-order valence-electron chi connectivity index (χ4n) is 6.39. The maximum absolute atomic E-state index is 14.0. The molecule has 2 saturated carbocycles. The van der Waals surface area contributed by atoms with Gasteiger partial charge in [-0.15, -0.1) is 0 Å². The van der Waals surface area contributed by atoms with Crippen LogP contribution in [-0.2, 0) is 11.3 Å². The van der Waals surface area contributed by atoms with E-state index in [0.717, 1.165) is 62.8 Å². The maximum Gasteiger partial charge on any atom is 0.271 e. The normalized spacial score (nSPS) is 28.8. The van der Waals surface area contributed by atoms with E-state index >= 15 is 0 Å². The lowest BCUT2D eigenvalue weighted by molar-refractivity contribution is -0.135. The smallest absolute Gasteiger partial charge is 0.271 e. The molecular weight excluding hydrogens is 426 g/mol. The first kappa shape index (κ1) is 23.3. The van der Waals surface area contributed by atoms with Gasteiger partial charge in [0, 0.05) is 12.1 Å². The first-order valence-corrected chi connectivity index (χ1v) is 13.4. The second kappa shape index (κ2) is 9.63. The van der Waals surface area contributed by atoms with Crippen molar-refractivity contribution in [1.29, 1.82) is 0 Å². The second-order valence-electron chi connectivity index (χ2n) is 11.0. The van der Waals surface area contributed by atoms with Crippen molar-refractivity contribution in [1.82, 2.24) is 14.8 Å². The lowest BCUT2D eigenvalue weighted by Crippen LogP contribution is -2.67. The molecule has 2 aromatic heterocycles. The molecule has 2 amide bonds. The molecule has 0 unspecified atom stereocenters. The largest absolute Gasteiger partial charge is 0.463 e. The molecule has 1 aliphatic heterocycles. The summed E-state index contributed by atoms with van der Waals surface area (Å²) in [4.78, 5) is 30.0. The lowest BCUT2D eigenvalue weighted by Gasteiger charge is -2.50. The number of carbonyl (C=O) groups is 2. The number of hydrogen-bond donors (Lipinski definition) is 1. The predicted molar refractivity (Wildman–Crippen MR) is 132 cm³/mol. The van der Waals surface area contributed by atoms with E-state index < -0.39 is 5.54 Å². The molecule has 3 aliphatic rings. The van der Waals surface area contributed by atoms with Crippen LogP contribution in [0, 0.1) is 5.92 Å². The lowest BCUT2D eigenvalue weighted by atomic mass is 9.82. The zero-order valence-corrected chi connectivity index (χ0v) is 20.7. The average Bonchev–Trinajstić information content (AvgIpc) is 3.46. The fourth-order valence-corrected chi connectivity index (χ4v) is 6.39. The van der Waals surface area contributed by atoms with Crippen LogP contribution in [0.4, 0.5) is 0 Å². The van der Waals surface area contributed by atoms with Crippen LogP contribution in [0.2, 0.25) is 0 Å². The zero-order valence-electron chi connectivity index (χ0n) is 20.7. The second-order valence-corrected chi connectivity index (χ2v) is 11.0. The monoisotopic (exact) mass is 465 g/mol. The summed E-state index contributed by atoms with van der Waals surface area (Å²) in [7, 11) is 0. The Bertz CT molecular complexity index is 994. The summed E-state index contributed by atoms with van der Waals surface area (Å²) >= 11 is 0. The molecule has 2 aromatic rings. The summed E-state index contributed by atoms with van der Waals surface area (Å²) < 4.78 is 7.66. The molecule has 34 heavy (non-hydrogen) atoms. The summed E-state index contributed by atoms with van der Waals surface area (Å²) in [6.45, 7) is 4.72. The molecule has 2 aliphatic carbocycles. The Kier molecular flexibility index (Phi) is 6.59. The Balaban J connectivity index is 1.48. The number of amides is 2. The third kappa shape index (κ3) is 4.32. The third-order valence-electron chi connectivity index (χ3n) is 8.47. The minimum atomic E-state index is -0.932. The maximum atomic E-state index is 14.0. The Labute approximate surface area is 203 Å². The molecule has 2 fully saturated rings. The minimum Gasteiger partial charge on any atom is -0.463 e. The van der Waals surface area contributed by atoms with Crippen molar-refractivity contribution in [2.24, 2.45) is 5.92 Å². The van der Waals surface area contributed by atoms with Gasteiger partial charge in [0.25, 0.3) is 5.91 Å². The van der Waals surface area contributed by atoms with Crippen LogP contribution in [0.5, 0.6) is 0 Å². The van der Waals surface area contributed by atoms with Gasteiger partial charge in [0.1, 0.15) is 17.0 Å². The van der Waals surface area contributed by atoms with Crippen molar-refractivity contribution in [3.8, 4) is 11.5 Å². The van der Waals surface area contributed by atoms with Crippen molar-refractivity contribution >= 4 is 11.8 Å². The van der Waals surface area contributed by atoms with Crippen LogP contribution < -0.4 is 5.32 Å². The van der Waals surface area contributed by atoms with Gasteiger partial charge in [-0.05, 0) is 75.6 Å². The number of fused-ring (bicyclic) bond motifs is 1.